The van der Waals surface area contributed by atoms with Crippen LogP contribution in [0.25, 0.3) is 0 Å². The lowest BCUT2D eigenvalue weighted by atomic mass is 10.1. The fourth-order valence-corrected chi connectivity index (χ4v) is 1.86. The Morgan fingerprint density at radius 1 is 1.10 bits per heavy atom. The van der Waals surface area contributed by atoms with Crippen LogP contribution in [-0.2, 0) is 0 Å². The topological polar surface area (TPSA) is 62.7 Å². The molecule has 20 heavy (non-hydrogen) atoms. The molecular formula is C15H21N5. The molecule has 2 aromatic heterocycles. The second kappa shape index (κ2) is 6.32. The molecule has 2 N–H and O–H groups in total. The molecule has 0 bridgehead atoms. The summed E-state index contributed by atoms with van der Waals surface area (Å²) in [6.07, 6.45) is 3.64. The van der Waals surface area contributed by atoms with E-state index < -0.39 is 0 Å². The van der Waals surface area contributed by atoms with Crippen LogP contribution in [0.15, 0.2) is 30.6 Å². The summed E-state index contributed by atoms with van der Waals surface area (Å²) in [4.78, 5) is 13.2. The molecule has 0 aliphatic carbocycles. The molecule has 106 valence electrons. The van der Waals surface area contributed by atoms with Crippen molar-refractivity contribution in [2.75, 3.05) is 17.7 Å². The highest BCUT2D eigenvalue weighted by Crippen LogP contribution is 2.21. The monoisotopic (exact) mass is 271 g/mol. The van der Waals surface area contributed by atoms with Gasteiger partial charge in [-0.1, -0.05) is 19.9 Å². The van der Waals surface area contributed by atoms with Crippen molar-refractivity contribution < 1.29 is 0 Å². The van der Waals surface area contributed by atoms with Crippen LogP contribution >= 0.6 is 0 Å². The first-order valence-corrected chi connectivity index (χ1v) is 6.83. The van der Waals surface area contributed by atoms with E-state index in [0.717, 1.165) is 23.0 Å². The molecule has 2 aromatic rings. The summed E-state index contributed by atoms with van der Waals surface area (Å²) in [5.41, 5.74) is 1.13. The van der Waals surface area contributed by atoms with Gasteiger partial charge in [0.2, 0.25) is 0 Å². The van der Waals surface area contributed by atoms with Crippen molar-refractivity contribution in [1.82, 2.24) is 15.0 Å². The fourth-order valence-electron chi connectivity index (χ4n) is 1.86. The number of hydrogen-bond donors (Lipinski definition) is 2. The van der Waals surface area contributed by atoms with Gasteiger partial charge in [0.1, 0.15) is 17.5 Å². The maximum atomic E-state index is 4.56. The SMILES string of the molecule is CNc1cc(NC(C)c2cccnc2)nc(C(C)C)n1. The summed E-state index contributed by atoms with van der Waals surface area (Å²) in [5, 5.41) is 6.47. The average Bonchev–Trinajstić information content (AvgIpc) is 2.47. The van der Waals surface area contributed by atoms with Gasteiger partial charge in [0.15, 0.2) is 0 Å². The van der Waals surface area contributed by atoms with Crippen molar-refractivity contribution in [3.63, 3.8) is 0 Å². The van der Waals surface area contributed by atoms with E-state index in [4.69, 9.17) is 0 Å². The summed E-state index contributed by atoms with van der Waals surface area (Å²) < 4.78 is 0. The van der Waals surface area contributed by atoms with Crippen LogP contribution < -0.4 is 10.6 Å². The van der Waals surface area contributed by atoms with Crippen molar-refractivity contribution in [3.8, 4) is 0 Å². The second-order valence-electron chi connectivity index (χ2n) is 5.05. The maximum Gasteiger partial charge on any atom is 0.135 e. The number of aromatic nitrogens is 3. The van der Waals surface area contributed by atoms with Gasteiger partial charge >= 0.3 is 0 Å². The number of pyridine rings is 1. The first-order valence-electron chi connectivity index (χ1n) is 6.83. The van der Waals surface area contributed by atoms with Gasteiger partial charge in [-0.05, 0) is 18.6 Å². The predicted molar refractivity (Wildman–Crippen MR) is 81.9 cm³/mol. The molecule has 0 saturated heterocycles. The Hall–Kier alpha value is -2.17. The number of anilines is 2. The van der Waals surface area contributed by atoms with Gasteiger partial charge in [-0.3, -0.25) is 4.98 Å². The van der Waals surface area contributed by atoms with E-state index in [9.17, 15) is 0 Å². The minimum atomic E-state index is 0.142. The Balaban J connectivity index is 2.22. The predicted octanol–water partition coefficient (Wildman–Crippen LogP) is 3.21. The van der Waals surface area contributed by atoms with Crippen molar-refractivity contribution >= 4 is 11.6 Å². The van der Waals surface area contributed by atoms with Gasteiger partial charge in [-0.15, -0.1) is 0 Å². The van der Waals surface area contributed by atoms with E-state index in [-0.39, 0.29) is 12.0 Å². The van der Waals surface area contributed by atoms with Crippen LogP contribution in [0.1, 0.15) is 44.1 Å². The highest BCUT2D eigenvalue weighted by atomic mass is 15.1. The molecule has 0 radical (unpaired) electrons. The molecule has 0 aliphatic heterocycles. The number of nitrogens with one attached hydrogen (secondary N) is 2. The molecule has 0 saturated carbocycles. The average molecular weight is 271 g/mol. The van der Waals surface area contributed by atoms with E-state index in [1.807, 2.05) is 31.4 Å². The quantitative estimate of drug-likeness (QED) is 0.874. The zero-order chi connectivity index (χ0) is 14.5. The van der Waals surface area contributed by atoms with Crippen molar-refractivity contribution in [2.45, 2.75) is 32.7 Å². The molecule has 5 nitrogen and oxygen atoms in total. The summed E-state index contributed by atoms with van der Waals surface area (Å²) in [5.74, 6) is 2.77. The zero-order valence-corrected chi connectivity index (χ0v) is 12.4. The fraction of sp³-hybridized carbons (Fsp3) is 0.400. The number of rotatable bonds is 5. The summed E-state index contributed by atoms with van der Waals surface area (Å²) in [6, 6.07) is 6.04. The zero-order valence-electron chi connectivity index (χ0n) is 12.4. The molecule has 1 unspecified atom stereocenters. The van der Waals surface area contributed by atoms with Gasteiger partial charge in [-0.2, -0.15) is 0 Å². The molecule has 0 spiro atoms. The van der Waals surface area contributed by atoms with Crippen LogP contribution in [0.3, 0.4) is 0 Å². The van der Waals surface area contributed by atoms with E-state index >= 15 is 0 Å². The molecule has 5 heteroatoms. The number of hydrogen-bond acceptors (Lipinski definition) is 5. The molecule has 2 rings (SSSR count). The lowest BCUT2D eigenvalue weighted by Gasteiger charge is -2.16. The van der Waals surface area contributed by atoms with Crippen molar-refractivity contribution in [3.05, 3.63) is 42.0 Å². The van der Waals surface area contributed by atoms with Gasteiger partial charge in [0, 0.05) is 31.4 Å². The summed E-state index contributed by atoms with van der Waals surface area (Å²) in [7, 11) is 1.86. The Morgan fingerprint density at radius 2 is 1.85 bits per heavy atom. The lowest BCUT2D eigenvalue weighted by molar-refractivity contribution is 0.769. The van der Waals surface area contributed by atoms with E-state index in [1.165, 1.54) is 0 Å². The molecule has 0 fully saturated rings. The summed E-state index contributed by atoms with van der Waals surface area (Å²) >= 11 is 0. The Bertz CT molecular complexity index is 553. The molecule has 0 amide bonds. The van der Waals surface area contributed by atoms with Gasteiger partial charge < -0.3 is 10.6 Å². The van der Waals surface area contributed by atoms with Gasteiger partial charge in [0.25, 0.3) is 0 Å². The van der Waals surface area contributed by atoms with E-state index in [1.54, 1.807) is 6.20 Å². The maximum absolute atomic E-state index is 4.56. The molecule has 2 heterocycles. The van der Waals surface area contributed by atoms with Crippen LogP contribution in [0.4, 0.5) is 11.6 Å². The number of nitrogens with zero attached hydrogens (tertiary/aromatic N) is 3. The normalized spacial score (nSPS) is 12.2. The highest BCUT2D eigenvalue weighted by Gasteiger charge is 2.10. The minimum Gasteiger partial charge on any atom is -0.373 e. The van der Waals surface area contributed by atoms with Crippen LogP contribution in [-0.4, -0.2) is 22.0 Å². The third-order valence-corrected chi connectivity index (χ3v) is 3.06. The van der Waals surface area contributed by atoms with Crippen LogP contribution in [0.2, 0.25) is 0 Å². The Morgan fingerprint density at radius 3 is 2.45 bits per heavy atom. The molecule has 1 atom stereocenters. The summed E-state index contributed by atoms with van der Waals surface area (Å²) in [6.45, 7) is 6.26. The first kappa shape index (κ1) is 14.2. The molecule has 0 aromatic carbocycles. The minimum absolute atomic E-state index is 0.142. The Kier molecular flexibility index (Phi) is 4.50. The van der Waals surface area contributed by atoms with Gasteiger partial charge in [0.05, 0.1) is 6.04 Å². The third kappa shape index (κ3) is 3.44. The largest absolute Gasteiger partial charge is 0.373 e. The van der Waals surface area contributed by atoms with Crippen molar-refractivity contribution in [2.24, 2.45) is 0 Å². The van der Waals surface area contributed by atoms with Gasteiger partial charge in [-0.25, -0.2) is 9.97 Å². The molecular weight excluding hydrogens is 250 g/mol. The first-order chi connectivity index (χ1) is 9.60. The highest BCUT2D eigenvalue weighted by molar-refractivity contribution is 5.48. The second-order valence-corrected chi connectivity index (χ2v) is 5.05. The van der Waals surface area contributed by atoms with E-state index in [2.05, 4.69) is 46.4 Å². The standard InChI is InChI=1S/C15H21N5/c1-10(2)15-19-13(16-4)8-14(20-15)18-11(3)12-6-5-7-17-9-12/h5-11H,1-4H3,(H2,16,18,19,20). The van der Waals surface area contributed by atoms with Crippen LogP contribution in [0.5, 0.6) is 0 Å². The Labute approximate surface area is 119 Å². The van der Waals surface area contributed by atoms with Crippen molar-refractivity contribution in [1.29, 1.82) is 0 Å². The lowest BCUT2D eigenvalue weighted by Crippen LogP contribution is -2.11. The molecule has 0 aliphatic rings. The van der Waals surface area contributed by atoms with Crippen LogP contribution in [0, 0.1) is 0 Å². The van der Waals surface area contributed by atoms with E-state index in [0.29, 0.717) is 0 Å². The third-order valence-electron chi connectivity index (χ3n) is 3.06. The smallest absolute Gasteiger partial charge is 0.135 e.